The van der Waals surface area contributed by atoms with Gasteiger partial charge in [0.25, 0.3) is 0 Å². The van der Waals surface area contributed by atoms with Crippen molar-refractivity contribution in [2.24, 2.45) is 5.73 Å². The summed E-state index contributed by atoms with van der Waals surface area (Å²) in [6, 6.07) is -0.257. The van der Waals surface area contributed by atoms with E-state index in [0.29, 0.717) is 16.9 Å². The van der Waals surface area contributed by atoms with Gasteiger partial charge in [-0.05, 0) is 6.92 Å². The summed E-state index contributed by atoms with van der Waals surface area (Å²) in [4.78, 5) is 0. The number of rotatable bonds is 3. The second kappa shape index (κ2) is 3.71. The zero-order valence-electron chi connectivity index (χ0n) is 6.95. The molecule has 68 valence electrons. The Morgan fingerprint density at radius 1 is 1.50 bits per heavy atom. The molecule has 0 aliphatic carbocycles. The molecule has 0 aliphatic rings. The van der Waals surface area contributed by atoms with Gasteiger partial charge in [0.05, 0.1) is 25.5 Å². The highest BCUT2D eigenvalue weighted by Gasteiger charge is 2.14. The van der Waals surface area contributed by atoms with Crippen LogP contribution in [0.1, 0.15) is 29.9 Å². The van der Waals surface area contributed by atoms with Gasteiger partial charge in [-0.15, -0.1) is 0 Å². The van der Waals surface area contributed by atoms with Crippen LogP contribution in [0.4, 0.5) is 0 Å². The van der Waals surface area contributed by atoms with Gasteiger partial charge in [-0.2, -0.15) is 0 Å². The van der Waals surface area contributed by atoms with Crippen LogP contribution in [0.25, 0.3) is 0 Å². The second-order valence-electron chi connectivity index (χ2n) is 2.71. The molecule has 1 aromatic heterocycles. The maximum Gasteiger partial charge on any atom is 0.126 e. The first-order chi connectivity index (χ1) is 5.70. The first-order valence-corrected chi connectivity index (χ1v) is 3.77. The lowest BCUT2D eigenvalue weighted by molar-refractivity contribution is 0.259. The third kappa shape index (κ3) is 1.50. The van der Waals surface area contributed by atoms with Crippen molar-refractivity contribution in [3.8, 4) is 0 Å². The Labute approximate surface area is 70.6 Å². The quantitative estimate of drug-likeness (QED) is 0.610. The molecule has 0 radical (unpaired) electrons. The summed E-state index contributed by atoms with van der Waals surface area (Å²) in [5, 5.41) is 17.8. The normalized spacial score (nSPS) is 13.3. The van der Waals surface area contributed by atoms with E-state index in [0.717, 1.165) is 0 Å². The first-order valence-electron chi connectivity index (χ1n) is 3.77. The SMILES string of the molecule is CC(N)c1occ(CO)c1CO. The molecule has 0 spiro atoms. The van der Waals surface area contributed by atoms with E-state index in [4.69, 9.17) is 20.4 Å². The minimum absolute atomic E-state index is 0.133. The van der Waals surface area contributed by atoms with Crippen LogP contribution >= 0.6 is 0 Å². The van der Waals surface area contributed by atoms with Crippen LogP contribution in [0.15, 0.2) is 10.7 Å². The highest BCUT2D eigenvalue weighted by Crippen LogP contribution is 2.22. The largest absolute Gasteiger partial charge is 0.467 e. The summed E-state index contributed by atoms with van der Waals surface area (Å²) in [6.07, 6.45) is 1.42. The van der Waals surface area contributed by atoms with Gasteiger partial charge in [-0.3, -0.25) is 0 Å². The third-order valence-electron chi connectivity index (χ3n) is 1.76. The molecular weight excluding hydrogens is 158 g/mol. The Morgan fingerprint density at radius 3 is 2.58 bits per heavy atom. The average Bonchev–Trinajstić information content (AvgIpc) is 2.46. The molecule has 1 heterocycles. The third-order valence-corrected chi connectivity index (χ3v) is 1.76. The first kappa shape index (κ1) is 9.25. The lowest BCUT2D eigenvalue weighted by Crippen LogP contribution is -2.07. The molecule has 4 N–H and O–H groups in total. The molecular formula is C8H13NO3. The second-order valence-corrected chi connectivity index (χ2v) is 2.71. The Balaban J connectivity index is 3.05. The minimum Gasteiger partial charge on any atom is -0.467 e. The summed E-state index contributed by atoms with van der Waals surface area (Å²) in [5.41, 5.74) is 6.78. The molecule has 0 fully saturated rings. The van der Waals surface area contributed by atoms with Gasteiger partial charge in [-0.25, -0.2) is 0 Å². The van der Waals surface area contributed by atoms with E-state index in [9.17, 15) is 0 Å². The summed E-state index contributed by atoms with van der Waals surface area (Å²) < 4.78 is 5.09. The van der Waals surface area contributed by atoms with E-state index in [1.54, 1.807) is 6.92 Å². The molecule has 4 nitrogen and oxygen atoms in total. The van der Waals surface area contributed by atoms with Crippen molar-refractivity contribution in [3.05, 3.63) is 23.2 Å². The van der Waals surface area contributed by atoms with Gasteiger partial charge in [-0.1, -0.05) is 0 Å². The summed E-state index contributed by atoms with van der Waals surface area (Å²) in [6.45, 7) is 1.48. The highest BCUT2D eigenvalue weighted by atomic mass is 16.3. The fourth-order valence-corrected chi connectivity index (χ4v) is 1.13. The highest BCUT2D eigenvalue weighted by molar-refractivity contribution is 5.28. The Bertz CT molecular complexity index is 255. The summed E-state index contributed by atoms with van der Waals surface area (Å²) in [7, 11) is 0. The topological polar surface area (TPSA) is 79.6 Å². The minimum atomic E-state index is -0.257. The smallest absolute Gasteiger partial charge is 0.126 e. The predicted octanol–water partition coefficient (Wildman–Crippen LogP) is 0.284. The fourth-order valence-electron chi connectivity index (χ4n) is 1.13. The van der Waals surface area contributed by atoms with E-state index < -0.39 is 0 Å². The van der Waals surface area contributed by atoms with Crippen molar-refractivity contribution in [3.63, 3.8) is 0 Å². The number of nitrogens with two attached hydrogens (primary N) is 1. The van der Waals surface area contributed by atoms with Crippen molar-refractivity contribution in [2.45, 2.75) is 26.2 Å². The van der Waals surface area contributed by atoms with Crippen molar-refractivity contribution < 1.29 is 14.6 Å². The number of aliphatic hydroxyl groups is 2. The zero-order valence-corrected chi connectivity index (χ0v) is 6.95. The van der Waals surface area contributed by atoms with Gasteiger partial charge in [0, 0.05) is 11.1 Å². The van der Waals surface area contributed by atoms with Gasteiger partial charge in [0.1, 0.15) is 5.76 Å². The predicted molar refractivity (Wildman–Crippen MR) is 43.2 cm³/mol. The molecule has 0 aromatic carbocycles. The maximum atomic E-state index is 8.94. The molecule has 1 unspecified atom stereocenters. The molecule has 0 aliphatic heterocycles. The molecule has 0 bridgehead atoms. The summed E-state index contributed by atoms with van der Waals surface area (Å²) >= 11 is 0. The molecule has 4 heteroatoms. The molecule has 0 saturated heterocycles. The lowest BCUT2D eigenvalue weighted by atomic mass is 10.1. The summed E-state index contributed by atoms with van der Waals surface area (Å²) in [5.74, 6) is 0.543. The van der Waals surface area contributed by atoms with Crippen LogP contribution in [0.2, 0.25) is 0 Å². The maximum absolute atomic E-state index is 8.94. The standard InChI is InChI=1S/C8H13NO3/c1-5(9)8-7(3-11)6(2-10)4-12-8/h4-5,10-11H,2-3,9H2,1H3. The van der Waals surface area contributed by atoms with E-state index in [2.05, 4.69) is 0 Å². The number of aliphatic hydroxyl groups excluding tert-OH is 2. The monoisotopic (exact) mass is 171 g/mol. The average molecular weight is 171 g/mol. The van der Waals surface area contributed by atoms with Crippen LogP contribution in [0.5, 0.6) is 0 Å². The van der Waals surface area contributed by atoms with E-state index >= 15 is 0 Å². The van der Waals surface area contributed by atoms with Gasteiger partial charge < -0.3 is 20.4 Å². The van der Waals surface area contributed by atoms with Gasteiger partial charge in [0.15, 0.2) is 0 Å². The van der Waals surface area contributed by atoms with Crippen molar-refractivity contribution in [2.75, 3.05) is 0 Å². The number of hydrogen-bond acceptors (Lipinski definition) is 4. The van der Waals surface area contributed by atoms with Gasteiger partial charge in [0.2, 0.25) is 0 Å². The number of furan rings is 1. The van der Waals surface area contributed by atoms with Crippen LogP contribution in [0, 0.1) is 0 Å². The van der Waals surface area contributed by atoms with Crippen molar-refractivity contribution in [1.29, 1.82) is 0 Å². The Hall–Kier alpha value is -0.840. The van der Waals surface area contributed by atoms with Crippen molar-refractivity contribution in [1.82, 2.24) is 0 Å². The van der Waals surface area contributed by atoms with Crippen LogP contribution < -0.4 is 5.73 Å². The lowest BCUT2D eigenvalue weighted by Gasteiger charge is -2.03. The molecule has 1 atom stereocenters. The van der Waals surface area contributed by atoms with E-state index in [-0.39, 0.29) is 19.3 Å². The van der Waals surface area contributed by atoms with Crippen LogP contribution in [0.3, 0.4) is 0 Å². The molecule has 0 amide bonds. The van der Waals surface area contributed by atoms with Crippen LogP contribution in [-0.2, 0) is 13.2 Å². The molecule has 12 heavy (non-hydrogen) atoms. The number of hydrogen-bond donors (Lipinski definition) is 3. The van der Waals surface area contributed by atoms with Gasteiger partial charge >= 0.3 is 0 Å². The zero-order chi connectivity index (χ0) is 9.14. The Kier molecular flexibility index (Phi) is 2.86. The van der Waals surface area contributed by atoms with Crippen LogP contribution in [-0.4, -0.2) is 10.2 Å². The molecule has 0 saturated carbocycles. The van der Waals surface area contributed by atoms with E-state index in [1.165, 1.54) is 6.26 Å². The molecule has 1 aromatic rings. The van der Waals surface area contributed by atoms with Crippen molar-refractivity contribution >= 4 is 0 Å². The van der Waals surface area contributed by atoms with E-state index in [1.807, 2.05) is 0 Å². The fraction of sp³-hybridized carbons (Fsp3) is 0.500. The molecule has 1 rings (SSSR count). The Morgan fingerprint density at radius 2 is 2.17 bits per heavy atom.